The molecule has 19 heavy (non-hydrogen) atoms. The first-order valence-electron chi connectivity index (χ1n) is 5.66. The first-order valence-corrected chi connectivity index (χ1v) is 5.66. The minimum atomic E-state index is -4.32. The molecule has 0 aliphatic carbocycles. The molecular weight excluding hydrogens is 255 g/mol. The van der Waals surface area contributed by atoms with Crippen LogP contribution < -0.4 is 5.32 Å². The maximum absolute atomic E-state index is 12.4. The molecule has 100 valence electrons. The van der Waals surface area contributed by atoms with Crippen LogP contribution in [0.3, 0.4) is 0 Å². The van der Waals surface area contributed by atoms with Gasteiger partial charge in [-0.3, -0.25) is 0 Å². The van der Waals surface area contributed by atoms with Gasteiger partial charge in [-0.25, -0.2) is 9.97 Å². The molecule has 0 fully saturated rings. The molecule has 0 aliphatic heterocycles. The number of aromatic nitrogens is 2. The first kappa shape index (κ1) is 13.3. The lowest BCUT2D eigenvalue weighted by Crippen LogP contribution is -2.15. The summed E-state index contributed by atoms with van der Waals surface area (Å²) in [7, 11) is 1.61. The quantitative estimate of drug-likeness (QED) is 0.927. The molecule has 1 aromatic heterocycles. The molecule has 6 heteroatoms. The van der Waals surface area contributed by atoms with Gasteiger partial charge < -0.3 is 5.32 Å². The average molecular weight is 267 g/mol. The van der Waals surface area contributed by atoms with Gasteiger partial charge in [-0.15, -0.1) is 0 Å². The Morgan fingerprint density at radius 1 is 1.11 bits per heavy atom. The predicted molar refractivity (Wildman–Crippen MR) is 66.8 cm³/mol. The summed E-state index contributed by atoms with van der Waals surface area (Å²) in [5, 5.41) is 2.74. The van der Waals surface area contributed by atoms with Crippen LogP contribution in [0.25, 0.3) is 11.3 Å². The number of nitrogens with zero attached hydrogens (tertiary/aromatic N) is 2. The molecule has 1 heterocycles. The lowest BCUT2D eigenvalue weighted by Gasteiger charge is -2.09. The maximum atomic E-state index is 12.4. The number of nitrogens with one attached hydrogen (secondary N) is 1. The molecule has 0 saturated heterocycles. The molecule has 3 nitrogen and oxygen atoms in total. The highest BCUT2D eigenvalue weighted by Gasteiger charge is 2.29. The van der Waals surface area contributed by atoms with Gasteiger partial charge in [0.15, 0.2) is 0 Å². The predicted octanol–water partition coefficient (Wildman–Crippen LogP) is 3.29. The Kier molecular flexibility index (Phi) is 3.69. The van der Waals surface area contributed by atoms with Gasteiger partial charge in [-0.2, -0.15) is 13.2 Å². The second-order valence-electron chi connectivity index (χ2n) is 3.96. The molecule has 1 N–H and O–H groups in total. The Hall–Kier alpha value is -2.11. The Morgan fingerprint density at radius 2 is 1.79 bits per heavy atom. The number of rotatable bonds is 3. The zero-order chi connectivity index (χ0) is 13.9. The fraction of sp³-hybridized carbons (Fsp3) is 0.231. The summed E-state index contributed by atoms with van der Waals surface area (Å²) in [6.07, 6.45) is -5.46. The van der Waals surface area contributed by atoms with Gasteiger partial charge in [-0.1, -0.05) is 30.3 Å². The average Bonchev–Trinajstić information content (AvgIpc) is 2.37. The minimum absolute atomic E-state index is 0.238. The van der Waals surface area contributed by atoms with E-state index in [9.17, 15) is 13.2 Å². The van der Waals surface area contributed by atoms with Crippen LogP contribution in [-0.2, 0) is 6.42 Å². The topological polar surface area (TPSA) is 37.8 Å². The normalized spacial score (nSPS) is 11.4. The SMILES string of the molecule is CNc1cc(-c2ccccc2)nc(CC(F)(F)F)n1. The van der Waals surface area contributed by atoms with Gasteiger partial charge in [0.1, 0.15) is 18.1 Å². The fourth-order valence-corrected chi connectivity index (χ4v) is 1.64. The van der Waals surface area contributed by atoms with E-state index < -0.39 is 12.6 Å². The van der Waals surface area contributed by atoms with Crippen molar-refractivity contribution in [3.05, 3.63) is 42.2 Å². The van der Waals surface area contributed by atoms with Crippen molar-refractivity contribution in [3.8, 4) is 11.3 Å². The van der Waals surface area contributed by atoms with Gasteiger partial charge in [-0.05, 0) is 0 Å². The molecule has 0 bridgehead atoms. The number of hydrogen-bond donors (Lipinski definition) is 1. The van der Waals surface area contributed by atoms with Crippen molar-refractivity contribution < 1.29 is 13.2 Å². The van der Waals surface area contributed by atoms with E-state index in [4.69, 9.17) is 0 Å². The van der Waals surface area contributed by atoms with Crippen LogP contribution in [0.1, 0.15) is 5.82 Å². The second-order valence-corrected chi connectivity index (χ2v) is 3.96. The van der Waals surface area contributed by atoms with Gasteiger partial charge in [0.2, 0.25) is 0 Å². The molecule has 0 aliphatic rings. The number of anilines is 1. The maximum Gasteiger partial charge on any atom is 0.396 e. The lowest BCUT2D eigenvalue weighted by molar-refractivity contribution is -0.128. The van der Waals surface area contributed by atoms with Crippen molar-refractivity contribution in [3.63, 3.8) is 0 Å². The molecular formula is C13H12F3N3. The third-order valence-electron chi connectivity index (χ3n) is 2.46. The molecule has 2 aromatic rings. The molecule has 0 radical (unpaired) electrons. The van der Waals surface area contributed by atoms with Crippen LogP contribution in [0.2, 0.25) is 0 Å². The third-order valence-corrected chi connectivity index (χ3v) is 2.46. The molecule has 1 aromatic carbocycles. The van der Waals surface area contributed by atoms with Crippen molar-refractivity contribution in [2.75, 3.05) is 12.4 Å². The highest BCUT2D eigenvalue weighted by Crippen LogP contribution is 2.23. The van der Waals surface area contributed by atoms with E-state index in [2.05, 4.69) is 15.3 Å². The highest BCUT2D eigenvalue weighted by atomic mass is 19.4. The number of hydrogen-bond acceptors (Lipinski definition) is 3. The first-order chi connectivity index (χ1) is 8.98. The molecule has 0 unspecified atom stereocenters. The van der Waals surface area contributed by atoms with Gasteiger partial charge in [0.25, 0.3) is 0 Å². The van der Waals surface area contributed by atoms with Crippen LogP contribution in [0.15, 0.2) is 36.4 Å². The zero-order valence-corrected chi connectivity index (χ0v) is 10.2. The second kappa shape index (κ2) is 5.26. The monoisotopic (exact) mass is 267 g/mol. The van der Waals surface area contributed by atoms with Crippen LogP contribution in [0, 0.1) is 0 Å². The van der Waals surface area contributed by atoms with E-state index in [0.29, 0.717) is 11.5 Å². The Labute approximate surface area is 108 Å². The van der Waals surface area contributed by atoms with Crippen molar-refractivity contribution in [1.82, 2.24) is 9.97 Å². The van der Waals surface area contributed by atoms with Crippen molar-refractivity contribution in [2.24, 2.45) is 0 Å². The summed E-state index contributed by atoms with van der Waals surface area (Å²) < 4.78 is 37.2. The van der Waals surface area contributed by atoms with Crippen molar-refractivity contribution in [1.29, 1.82) is 0 Å². The summed E-state index contributed by atoms with van der Waals surface area (Å²) in [6, 6.07) is 10.6. The smallest absolute Gasteiger partial charge is 0.373 e. The van der Waals surface area contributed by atoms with Crippen LogP contribution in [-0.4, -0.2) is 23.2 Å². The minimum Gasteiger partial charge on any atom is -0.373 e. The zero-order valence-electron chi connectivity index (χ0n) is 10.2. The molecule has 0 spiro atoms. The van der Waals surface area contributed by atoms with E-state index in [1.54, 1.807) is 37.4 Å². The Balaban J connectivity index is 2.42. The summed E-state index contributed by atoms with van der Waals surface area (Å²) in [5.74, 6) is 0.131. The number of alkyl halides is 3. The van der Waals surface area contributed by atoms with Crippen LogP contribution in [0.4, 0.5) is 19.0 Å². The molecule has 0 atom stereocenters. The van der Waals surface area contributed by atoms with E-state index >= 15 is 0 Å². The standard InChI is InChI=1S/C13H12F3N3/c1-17-11-7-10(9-5-3-2-4-6-9)18-12(19-11)8-13(14,15)16/h2-7H,8H2,1H3,(H,17,18,19). The number of halogens is 3. The fourth-order valence-electron chi connectivity index (χ4n) is 1.64. The highest BCUT2D eigenvalue weighted by molar-refractivity contribution is 5.62. The summed E-state index contributed by atoms with van der Waals surface area (Å²) in [6.45, 7) is 0. The van der Waals surface area contributed by atoms with Crippen LogP contribution in [0.5, 0.6) is 0 Å². The summed E-state index contributed by atoms with van der Waals surface area (Å²) in [4.78, 5) is 7.79. The summed E-state index contributed by atoms with van der Waals surface area (Å²) in [5.41, 5.74) is 1.23. The van der Waals surface area contributed by atoms with E-state index in [0.717, 1.165) is 5.56 Å². The van der Waals surface area contributed by atoms with Crippen LogP contribution >= 0.6 is 0 Å². The molecule has 0 saturated carbocycles. The van der Waals surface area contributed by atoms with E-state index in [1.807, 2.05) is 6.07 Å². The Morgan fingerprint density at radius 3 is 2.37 bits per heavy atom. The summed E-state index contributed by atoms with van der Waals surface area (Å²) >= 11 is 0. The largest absolute Gasteiger partial charge is 0.396 e. The van der Waals surface area contributed by atoms with Gasteiger partial charge in [0, 0.05) is 18.7 Å². The molecule has 2 rings (SSSR count). The van der Waals surface area contributed by atoms with E-state index in [1.165, 1.54) is 0 Å². The van der Waals surface area contributed by atoms with E-state index in [-0.39, 0.29) is 5.82 Å². The lowest BCUT2D eigenvalue weighted by atomic mass is 10.1. The van der Waals surface area contributed by atoms with Gasteiger partial charge >= 0.3 is 6.18 Å². The Bertz CT molecular complexity index is 553. The third kappa shape index (κ3) is 3.67. The van der Waals surface area contributed by atoms with Crippen molar-refractivity contribution in [2.45, 2.75) is 12.6 Å². The van der Waals surface area contributed by atoms with Crippen molar-refractivity contribution >= 4 is 5.82 Å². The molecule has 0 amide bonds. The number of benzene rings is 1. The van der Waals surface area contributed by atoms with Gasteiger partial charge in [0.05, 0.1) is 5.69 Å².